The second-order valence-corrected chi connectivity index (χ2v) is 11.3. The van der Waals surface area contributed by atoms with Crippen LogP contribution in [-0.4, -0.2) is 16.4 Å². The lowest BCUT2D eigenvalue weighted by Crippen LogP contribution is -2.15. The summed E-state index contributed by atoms with van der Waals surface area (Å²) in [7, 11) is 0. The van der Waals surface area contributed by atoms with Gasteiger partial charge < -0.3 is 10.0 Å². The van der Waals surface area contributed by atoms with Gasteiger partial charge in [-0.25, -0.2) is 9.98 Å². The van der Waals surface area contributed by atoms with E-state index >= 15 is 0 Å². The lowest BCUT2D eigenvalue weighted by Gasteiger charge is -2.23. The normalized spacial score (nSPS) is 11.1. The Kier molecular flexibility index (Phi) is 8.39. The number of hydrogen-bond acceptors (Lipinski definition) is 3. The van der Waals surface area contributed by atoms with Crippen molar-refractivity contribution in [2.45, 2.75) is 6.92 Å². The molecule has 0 aliphatic heterocycles. The van der Waals surface area contributed by atoms with Crippen LogP contribution in [0.4, 0.5) is 17.1 Å². The molecule has 7 aromatic rings. The van der Waals surface area contributed by atoms with E-state index in [1.807, 2.05) is 60.9 Å². The molecule has 0 saturated heterocycles. The van der Waals surface area contributed by atoms with Crippen molar-refractivity contribution in [3.05, 3.63) is 175 Å². The Morgan fingerprint density at radius 3 is 1.79 bits per heavy atom. The summed E-state index contributed by atoms with van der Waals surface area (Å²) in [6, 6.07) is 57.0. The van der Waals surface area contributed by atoms with Crippen molar-refractivity contribution < 1.29 is 5.11 Å². The summed E-state index contributed by atoms with van der Waals surface area (Å²) in [6.45, 7) is 2.12. The molecule has 226 valence electrons. The quantitative estimate of drug-likeness (QED) is 0.138. The smallest absolute Gasteiger partial charge is 0.124 e. The molecule has 47 heavy (non-hydrogen) atoms. The highest BCUT2D eigenvalue weighted by molar-refractivity contribution is 5.96. The summed E-state index contributed by atoms with van der Waals surface area (Å²) in [5.41, 5.74) is 11.5. The second kappa shape index (κ2) is 13.4. The predicted molar refractivity (Wildman–Crippen MR) is 196 cm³/mol. The van der Waals surface area contributed by atoms with Crippen LogP contribution < -0.4 is 4.90 Å². The van der Waals surface area contributed by atoms with Crippen molar-refractivity contribution in [3.63, 3.8) is 0 Å². The Bertz CT molecular complexity index is 2120. The molecule has 0 amide bonds. The first-order chi connectivity index (χ1) is 23.2. The lowest BCUT2D eigenvalue weighted by molar-refractivity contribution is 0.477. The number of pyridine rings is 1. The Labute approximate surface area is 275 Å². The number of aliphatic imine (C=N–C) groups is 1. The van der Waals surface area contributed by atoms with Crippen LogP contribution in [0.25, 0.3) is 44.8 Å². The van der Waals surface area contributed by atoms with Gasteiger partial charge in [-0.1, -0.05) is 127 Å². The van der Waals surface area contributed by atoms with Gasteiger partial charge in [-0.15, -0.1) is 0 Å². The zero-order valence-corrected chi connectivity index (χ0v) is 26.0. The number of hydrogen-bond donors (Lipinski definition) is 1. The maximum Gasteiger partial charge on any atom is 0.124 e. The molecule has 6 aromatic carbocycles. The topological polar surface area (TPSA) is 48.7 Å². The first-order valence-electron chi connectivity index (χ1n) is 15.6. The molecule has 0 aliphatic rings. The van der Waals surface area contributed by atoms with Crippen LogP contribution >= 0.6 is 0 Å². The number of rotatable bonds is 8. The maximum absolute atomic E-state index is 10.5. The fraction of sp³-hybridized carbons (Fsp3) is 0.0233. The van der Waals surface area contributed by atoms with Crippen LogP contribution in [0, 0.1) is 6.92 Å². The molecule has 7 rings (SSSR count). The molecule has 0 atom stereocenters. The number of aromatic hydroxyl groups is 1. The van der Waals surface area contributed by atoms with Gasteiger partial charge in [0.2, 0.25) is 0 Å². The van der Waals surface area contributed by atoms with Gasteiger partial charge in [0.1, 0.15) is 12.1 Å². The number of aromatic nitrogens is 1. The SMILES string of the molecule is Cc1ccccc1N(C=Nc1c(-c2ccccc2)cccc1-c1ccccc1)c1cccc(-c2cccc(-c3ccccc3O)n2)c1. The minimum atomic E-state index is 0.207. The van der Waals surface area contributed by atoms with Gasteiger partial charge in [0.15, 0.2) is 0 Å². The average Bonchev–Trinajstić information content (AvgIpc) is 3.13. The molecule has 1 heterocycles. The number of anilines is 2. The van der Waals surface area contributed by atoms with Crippen LogP contribution in [0.2, 0.25) is 0 Å². The summed E-state index contributed by atoms with van der Waals surface area (Å²) in [5, 5.41) is 10.5. The van der Waals surface area contributed by atoms with Gasteiger partial charge in [0.05, 0.1) is 17.1 Å². The Morgan fingerprint density at radius 1 is 0.532 bits per heavy atom. The van der Waals surface area contributed by atoms with Crippen molar-refractivity contribution in [3.8, 4) is 50.5 Å². The van der Waals surface area contributed by atoms with Crippen molar-refractivity contribution >= 4 is 23.4 Å². The number of nitrogens with zero attached hydrogens (tertiary/aromatic N) is 3. The Balaban J connectivity index is 1.35. The zero-order valence-electron chi connectivity index (χ0n) is 26.0. The largest absolute Gasteiger partial charge is 0.507 e. The molecule has 4 heteroatoms. The molecule has 0 bridgehead atoms. The molecule has 0 unspecified atom stereocenters. The van der Waals surface area contributed by atoms with E-state index in [0.717, 1.165) is 56.1 Å². The first-order valence-corrected chi connectivity index (χ1v) is 15.6. The van der Waals surface area contributed by atoms with Crippen LogP contribution in [-0.2, 0) is 0 Å². The van der Waals surface area contributed by atoms with Crippen molar-refractivity contribution in [1.29, 1.82) is 0 Å². The van der Waals surface area contributed by atoms with E-state index in [4.69, 9.17) is 9.98 Å². The summed E-state index contributed by atoms with van der Waals surface area (Å²) in [6.07, 6.45) is 1.93. The molecule has 1 N–H and O–H groups in total. The summed E-state index contributed by atoms with van der Waals surface area (Å²) in [5.74, 6) is 0.207. The Morgan fingerprint density at radius 2 is 1.09 bits per heavy atom. The van der Waals surface area contributed by atoms with E-state index < -0.39 is 0 Å². The molecular weight excluding hydrogens is 574 g/mol. The second-order valence-electron chi connectivity index (χ2n) is 11.3. The third kappa shape index (κ3) is 6.31. The average molecular weight is 608 g/mol. The van der Waals surface area contributed by atoms with Crippen molar-refractivity contribution in [1.82, 2.24) is 4.98 Å². The van der Waals surface area contributed by atoms with Crippen LogP contribution in [0.3, 0.4) is 0 Å². The summed E-state index contributed by atoms with van der Waals surface area (Å²) < 4.78 is 0. The molecule has 1 aromatic heterocycles. The van der Waals surface area contributed by atoms with Gasteiger partial charge in [-0.05, 0) is 66.1 Å². The van der Waals surface area contributed by atoms with Gasteiger partial charge >= 0.3 is 0 Å². The Hall–Kier alpha value is -6.26. The monoisotopic (exact) mass is 607 g/mol. The van der Waals surface area contributed by atoms with E-state index in [2.05, 4.69) is 121 Å². The highest BCUT2D eigenvalue weighted by atomic mass is 16.3. The first kappa shape index (κ1) is 29.5. The standard InChI is InChI=1S/C43H33N3O/c1-31-15-8-10-27-41(31)46(35-21-12-20-34(29-35)39-25-14-26-40(45-39)38-22-9-11-28-42(38)47)30-44-43-36(32-16-4-2-5-17-32)23-13-24-37(43)33-18-6-3-7-19-33/h2-30,47H,1H3. The number of phenols is 1. The van der Waals surface area contributed by atoms with Gasteiger partial charge in [0.25, 0.3) is 0 Å². The van der Waals surface area contributed by atoms with Crippen molar-refractivity contribution in [2.24, 2.45) is 4.99 Å². The summed E-state index contributed by atoms with van der Waals surface area (Å²) in [4.78, 5) is 12.4. The summed E-state index contributed by atoms with van der Waals surface area (Å²) >= 11 is 0. The molecule has 0 aliphatic carbocycles. The van der Waals surface area contributed by atoms with Crippen LogP contribution in [0.5, 0.6) is 5.75 Å². The number of para-hydroxylation sites is 3. The van der Waals surface area contributed by atoms with E-state index in [-0.39, 0.29) is 5.75 Å². The lowest BCUT2D eigenvalue weighted by atomic mass is 9.96. The highest BCUT2D eigenvalue weighted by Gasteiger charge is 2.15. The van der Waals surface area contributed by atoms with Crippen LogP contribution in [0.15, 0.2) is 175 Å². The molecule has 0 radical (unpaired) electrons. The molecule has 4 nitrogen and oxygen atoms in total. The number of aryl methyl sites for hydroxylation is 1. The minimum Gasteiger partial charge on any atom is -0.507 e. The van der Waals surface area contributed by atoms with E-state index in [1.54, 1.807) is 6.07 Å². The maximum atomic E-state index is 10.5. The van der Waals surface area contributed by atoms with Crippen molar-refractivity contribution in [2.75, 3.05) is 4.90 Å². The fourth-order valence-corrected chi connectivity index (χ4v) is 5.85. The zero-order chi connectivity index (χ0) is 32.0. The van der Waals surface area contributed by atoms with E-state index in [0.29, 0.717) is 11.3 Å². The number of phenolic OH excluding ortho intramolecular Hbond substituents is 1. The van der Waals surface area contributed by atoms with E-state index in [1.165, 1.54) is 0 Å². The third-order valence-electron chi connectivity index (χ3n) is 8.23. The molecule has 0 fully saturated rings. The fourth-order valence-electron chi connectivity index (χ4n) is 5.85. The number of benzene rings is 6. The molecule has 0 spiro atoms. The third-order valence-corrected chi connectivity index (χ3v) is 8.23. The van der Waals surface area contributed by atoms with E-state index in [9.17, 15) is 5.11 Å². The van der Waals surface area contributed by atoms with Gasteiger partial charge in [0, 0.05) is 33.6 Å². The minimum absolute atomic E-state index is 0.207. The van der Waals surface area contributed by atoms with Crippen LogP contribution in [0.1, 0.15) is 5.56 Å². The molecular formula is C43H33N3O. The molecule has 0 saturated carbocycles. The highest BCUT2D eigenvalue weighted by Crippen LogP contribution is 2.40. The van der Waals surface area contributed by atoms with Gasteiger partial charge in [-0.2, -0.15) is 0 Å². The van der Waals surface area contributed by atoms with Gasteiger partial charge in [-0.3, -0.25) is 0 Å². The predicted octanol–water partition coefficient (Wildman–Crippen LogP) is 11.3.